The second-order valence-electron chi connectivity index (χ2n) is 7.01. The molecule has 1 aliphatic heterocycles. The van der Waals surface area contributed by atoms with Crippen LogP contribution in [0.3, 0.4) is 0 Å². The van der Waals surface area contributed by atoms with E-state index in [9.17, 15) is 23.3 Å². The first-order valence-electron chi connectivity index (χ1n) is 9.38. The average molecular weight is 417 g/mol. The number of sulfonamides is 1. The fourth-order valence-corrected chi connectivity index (χ4v) is 4.78. The molecule has 0 bridgehead atoms. The van der Waals surface area contributed by atoms with Gasteiger partial charge in [0.1, 0.15) is 0 Å². The molecule has 9 heteroatoms. The van der Waals surface area contributed by atoms with Gasteiger partial charge < -0.3 is 5.32 Å². The summed E-state index contributed by atoms with van der Waals surface area (Å²) in [7, 11) is -3.33. The minimum Gasteiger partial charge on any atom is -0.325 e. The Kier molecular flexibility index (Phi) is 5.99. The minimum atomic E-state index is -3.33. The molecule has 1 fully saturated rings. The second-order valence-corrected chi connectivity index (χ2v) is 9.27. The van der Waals surface area contributed by atoms with Crippen LogP contribution in [0.4, 0.5) is 11.4 Å². The number of benzene rings is 2. The molecule has 0 spiro atoms. The van der Waals surface area contributed by atoms with Crippen LogP contribution in [0, 0.1) is 10.1 Å². The van der Waals surface area contributed by atoms with Crippen molar-refractivity contribution in [3.8, 4) is 0 Å². The summed E-state index contributed by atoms with van der Waals surface area (Å²) in [6.07, 6.45) is 0.661. The second kappa shape index (κ2) is 8.30. The Bertz CT molecular complexity index is 1000. The molecule has 3 rings (SSSR count). The van der Waals surface area contributed by atoms with Crippen molar-refractivity contribution in [2.45, 2.75) is 25.2 Å². The van der Waals surface area contributed by atoms with Crippen LogP contribution < -0.4 is 5.32 Å². The molecule has 1 heterocycles. The van der Waals surface area contributed by atoms with Gasteiger partial charge in [0.05, 0.1) is 16.1 Å². The molecule has 0 unspecified atom stereocenters. The van der Waals surface area contributed by atoms with E-state index in [0.29, 0.717) is 18.5 Å². The molecule has 29 heavy (non-hydrogen) atoms. The van der Waals surface area contributed by atoms with Gasteiger partial charge in [-0.25, -0.2) is 12.7 Å². The standard InChI is InChI=1S/C20H23N3O5S/c1-2-29(27,28)22-13-11-20(12-14-22,16-7-4-3-5-8-16)19(24)21-17-9-6-10-18(15-17)23(25)26/h3-10,15H,2,11-14H2,1H3,(H,21,24). The molecule has 8 nitrogen and oxygen atoms in total. The highest BCUT2D eigenvalue weighted by molar-refractivity contribution is 7.89. The Morgan fingerprint density at radius 3 is 2.38 bits per heavy atom. The maximum absolute atomic E-state index is 13.3. The molecule has 0 atom stereocenters. The summed E-state index contributed by atoms with van der Waals surface area (Å²) < 4.78 is 25.9. The zero-order valence-electron chi connectivity index (χ0n) is 16.1. The molecule has 2 aromatic carbocycles. The zero-order valence-corrected chi connectivity index (χ0v) is 16.9. The first-order chi connectivity index (χ1) is 13.8. The molecule has 2 aromatic rings. The van der Waals surface area contributed by atoms with Gasteiger partial charge in [0.2, 0.25) is 15.9 Å². The van der Waals surface area contributed by atoms with E-state index >= 15 is 0 Å². The summed E-state index contributed by atoms with van der Waals surface area (Å²) in [5.74, 6) is -0.275. The highest BCUT2D eigenvalue weighted by Crippen LogP contribution is 2.37. The quantitative estimate of drug-likeness (QED) is 0.574. The molecular weight excluding hydrogens is 394 g/mol. The number of nitro groups is 1. The van der Waals surface area contributed by atoms with Crippen LogP contribution in [0.25, 0.3) is 0 Å². The summed E-state index contributed by atoms with van der Waals surface area (Å²) in [4.78, 5) is 23.8. The van der Waals surface area contributed by atoms with Crippen LogP contribution in [0.1, 0.15) is 25.3 Å². The zero-order chi connectivity index (χ0) is 21.1. The van der Waals surface area contributed by atoms with Gasteiger partial charge in [0.15, 0.2) is 0 Å². The third-order valence-corrected chi connectivity index (χ3v) is 7.29. The number of nitro benzene ring substituents is 1. The molecule has 1 aliphatic rings. The molecule has 0 saturated carbocycles. The van der Waals surface area contributed by atoms with E-state index in [1.165, 1.54) is 22.5 Å². The lowest BCUT2D eigenvalue weighted by Gasteiger charge is -2.40. The molecule has 154 valence electrons. The largest absolute Gasteiger partial charge is 0.325 e. The predicted octanol–water partition coefficient (Wildman–Crippen LogP) is 2.92. The van der Waals surface area contributed by atoms with Gasteiger partial charge in [0, 0.05) is 30.9 Å². The maximum atomic E-state index is 13.3. The van der Waals surface area contributed by atoms with E-state index in [2.05, 4.69) is 5.32 Å². The number of nitrogens with zero attached hydrogens (tertiary/aromatic N) is 2. The SMILES string of the molecule is CCS(=O)(=O)N1CCC(C(=O)Nc2cccc([N+](=O)[O-])c2)(c2ccccc2)CC1. The summed E-state index contributed by atoms with van der Waals surface area (Å²) in [5.41, 5.74) is 0.117. The number of carbonyl (C=O) groups excluding carboxylic acids is 1. The van der Waals surface area contributed by atoms with Gasteiger partial charge >= 0.3 is 0 Å². The van der Waals surface area contributed by atoms with Crippen LogP contribution >= 0.6 is 0 Å². The summed E-state index contributed by atoms with van der Waals surface area (Å²) >= 11 is 0. The van der Waals surface area contributed by atoms with Crippen molar-refractivity contribution in [3.63, 3.8) is 0 Å². The number of amides is 1. The smallest absolute Gasteiger partial charge is 0.271 e. The summed E-state index contributed by atoms with van der Waals surface area (Å²) in [6.45, 7) is 2.09. The first-order valence-corrected chi connectivity index (χ1v) is 11.0. The van der Waals surface area contributed by atoms with Gasteiger partial charge in [-0.1, -0.05) is 36.4 Å². The van der Waals surface area contributed by atoms with Crippen molar-refractivity contribution < 1.29 is 18.1 Å². The highest BCUT2D eigenvalue weighted by atomic mass is 32.2. The van der Waals surface area contributed by atoms with Crippen molar-refractivity contribution in [3.05, 3.63) is 70.3 Å². The monoisotopic (exact) mass is 417 g/mol. The Labute approximate surface area is 169 Å². The van der Waals surface area contributed by atoms with Gasteiger partial charge in [-0.2, -0.15) is 0 Å². The van der Waals surface area contributed by atoms with E-state index in [1.54, 1.807) is 13.0 Å². The van der Waals surface area contributed by atoms with Gasteiger partial charge in [-0.15, -0.1) is 0 Å². The Morgan fingerprint density at radius 2 is 1.79 bits per heavy atom. The number of carbonyl (C=O) groups is 1. The van der Waals surface area contributed by atoms with Gasteiger partial charge in [0.25, 0.3) is 5.69 Å². The van der Waals surface area contributed by atoms with Crippen LogP contribution in [0.5, 0.6) is 0 Å². The molecule has 1 N–H and O–H groups in total. The van der Waals surface area contributed by atoms with Crippen LogP contribution in [-0.2, 0) is 20.2 Å². The number of non-ortho nitro benzene ring substituents is 1. The Hall–Kier alpha value is -2.78. The topological polar surface area (TPSA) is 110 Å². The maximum Gasteiger partial charge on any atom is 0.271 e. The van der Waals surface area contributed by atoms with Gasteiger partial charge in [-0.3, -0.25) is 14.9 Å². The lowest BCUT2D eigenvalue weighted by Crippen LogP contribution is -2.51. The lowest BCUT2D eigenvalue weighted by atomic mass is 9.72. The predicted molar refractivity (Wildman–Crippen MR) is 110 cm³/mol. The molecule has 1 amide bonds. The molecule has 1 saturated heterocycles. The Morgan fingerprint density at radius 1 is 1.14 bits per heavy atom. The van der Waals surface area contributed by atoms with Crippen LogP contribution in [0.2, 0.25) is 0 Å². The number of anilines is 1. The first kappa shape index (κ1) is 20.9. The number of hydrogen-bond acceptors (Lipinski definition) is 5. The molecule has 0 radical (unpaired) electrons. The normalized spacial score (nSPS) is 16.9. The third-order valence-electron chi connectivity index (χ3n) is 5.41. The minimum absolute atomic E-state index is 0.0191. The molecule has 0 aliphatic carbocycles. The lowest BCUT2D eigenvalue weighted by molar-refractivity contribution is -0.384. The fourth-order valence-electron chi connectivity index (χ4n) is 3.68. The molecular formula is C20H23N3O5S. The summed E-state index contributed by atoms with van der Waals surface area (Å²) in [5, 5.41) is 13.8. The number of piperidine rings is 1. The number of hydrogen-bond donors (Lipinski definition) is 1. The van der Waals surface area contributed by atoms with E-state index in [4.69, 9.17) is 0 Å². The van der Waals surface area contributed by atoms with Crippen molar-refractivity contribution in [1.29, 1.82) is 0 Å². The van der Waals surface area contributed by atoms with Crippen molar-refractivity contribution >= 4 is 27.3 Å². The van der Waals surface area contributed by atoms with E-state index in [0.717, 1.165) is 5.56 Å². The third kappa shape index (κ3) is 4.30. The van der Waals surface area contributed by atoms with Crippen molar-refractivity contribution in [2.75, 3.05) is 24.2 Å². The summed E-state index contributed by atoms with van der Waals surface area (Å²) in [6, 6.07) is 15.0. The number of nitrogens with one attached hydrogen (secondary N) is 1. The molecule has 0 aromatic heterocycles. The fraction of sp³-hybridized carbons (Fsp3) is 0.350. The van der Waals surface area contributed by atoms with Gasteiger partial charge in [-0.05, 0) is 31.4 Å². The highest BCUT2D eigenvalue weighted by Gasteiger charge is 2.44. The Balaban J connectivity index is 1.90. The van der Waals surface area contributed by atoms with E-state index in [-0.39, 0.29) is 30.4 Å². The van der Waals surface area contributed by atoms with Crippen LogP contribution in [-0.4, -0.2) is 42.4 Å². The van der Waals surface area contributed by atoms with E-state index < -0.39 is 20.4 Å². The van der Waals surface area contributed by atoms with Crippen LogP contribution in [0.15, 0.2) is 54.6 Å². The average Bonchev–Trinajstić information content (AvgIpc) is 2.74. The number of rotatable bonds is 6. The van der Waals surface area contributed by atoms with Crippen molar-refractivity contribution in [1.82, 2.24) is 4.31 Å². The van der Waals surface area contributed by atoms with E-state index in [1.807, 2.05) is 30.3 Å². The van der Waals surface area contributed by atoms with Crippen molar-refractivity contribution in [2.24, 2.45) is 0 Å².